The molecule has 1 aromatic carbocycles. The van der Waals surface area contributed by atoms with E-state index in [0.29, 0.717) is 24.3 Å². The number of nitrogens with two attached hydrogens (primary N) is 1. The third-order valence-corrected chi connectivity index (χ3v) is 4.44. The highest BCUT2D eigenvalue weighted by molar-refractivity contribution is 5.83. The Hall–Kier alpha value is -2.28. The van der Waals surface area contributed by atoms with Crippen molar-refractivity contribution in [3.8, 4) is 11.5 Å². The predicted octanol–water partition coefficient (Wildman–Crippen LogP) is 1.14. The second kappa shape index (κ2) is 6.45. The van der Waals surface area contributed by atoms with Gasteiger partial charge in [0.25, 0.3) is 0 Å². The summed E-state index contributed by atoms with van der Waals surface area (Å²) in [6.45, 7) is 0. The minimum Gasteiger partial charge on any atom is -0.493 e. The van der Waals surface area contributed by atoms with Crippen LogP contribution in [0.3, 0.4) is 0 Å². The molecule has 23 heavy (non-hydrogen) atoms. The lowest BCUT2D eigenvalue weighted by atomic mass is 9.86. The third-order valence-electron chi connectivity index (χ3n) is 4.44. The van der Waals surface area contributed by atoms with Crippen LogP contribution in [-0.4, -0.2) is 41.9 Å². The number of carboxylic acids is 2. The van der Waals surface area contributed by atoms with E-state index >= 15 is 0 Å². The van der Waals surface area contributed by atoms with Gasteiger partial charge in [-0.25, -0.2) is 0 Å². The number of hydrogen-bond acceptors (Lipinski definition) is 5. The first-order valence-corrected chi connectivity index (χ1v) is 7.29. The minimum absolute atomic E-state index is 0.159. The molecule has 4 N–H and O–H groups in total. The molecule has 3 atom stereocenters. The SMILES string of the molecule is COc1ccc(CCC(N)(C(=O)O)[C@H]2C[C@@H]2C(=O)O)cc1OC. The summed E-state index contributed by atoms with van der Waals surface area (Å²) in [4.78, 5) is 22.5. The zero-order valence-corrected chi connectivity index (χ0v) is 13.1. The zero-order chi connectivity index (χ0) is 17.2. The van der Waals surface area contributed by atoms with Gasteiger partial charge in [-0.3, -0.25) is 9.59 Å². The quantitative estimate of drug-likeness (QED) is 0.656. The highest BCUT2D eigenvalue weighted by atomic mass is 16.5. The monoisotopic (exact) mass is 323 g/mol. The number of aliphatic carboxylic acids is 2. The van der Waals surface area contributed by atoms with Crippen molar-refractivity contribution in [1.82, 2.24) is 0 Å². The smallest absolute Gasteiger partial charge is 0.324 e. The number of methoxy groups -OCH3 is 2. The highest BCUT2D eigenvalue weighted by Gasteiger charge is 2.57. The van der Waals surface area contributed by atoms with Gasteiger partial charge in [0.2, 0.25) is 0 Å². The highest BCUT2D eigenvalue weighted by Crippen LogP contribution is 2.47. The van der Waals surface area contributed by atoms with Crippen LogP contribution in [0.5, 0.6) is 11.5 Å². The second-order valence-electron chi connectivity index (χ2n) is 5.82. The molecule has 0 aliphatic heterocycles. The van der Waals surface area contributed by atoms with Crippen LogP contribution in [0.15, 0.2) is 18.2 Å². The number of aryl methyl sites for hydroxylation is 1. The molecule has 0 saturated heterocycles. The summed E-state index contributed by atoms with van der Waals surface area (Å²) in [5, 5.41) is 18.4. The van der Waals surface area contributed by atoms with Crippen LogP contribution in [-0.2, 0) is 16.0 Å². The summed E-state index contributed by atoms with van der Waals surface area (Å²) in [6.07, 6.45) is 0.877. The number of benzene rings is 1. The summed E-state index contributed by atoms with van der Waals surface area (Å²) >= 11 is 0. The average Bonchev–Trinajstić information content (AvgIpc) is 3.33. The Bertz CT molecular complexity index is 617. The first kappa shape index (κ1) is 17.1. The molecule has 1 aliphatic carbocycles. The maximum Gasteiger partial charge on any atom is 0.324 e. The van der Waals surface area contributed by atoms with Crippen LogP contribution >= 0.6 is 0 Å². The first-order valence-electron chi connectivity index (χ1n) is 7.29. The van der Waals surface area contributed by atoms with E-state index < -0.39 is 29.3 Å². The third kappa shape index (κ3) is 3.39. The van der Waals surface area contributed by atoms with Crippen molar-refractivity contribution in [2.24, 2.45) is 17.6 Å². The van der Waals surface area contributed by atoms with Crippen molar-refractivity contribution < 1.29 is 29.3 Å². The number of rotatable bonds is 8. The summed E-state index contributed by atoms with van der Waals surface area (Å²) in [5.74, 6) is -2.21. The fraction of sp³-hybridized carbons (Fsp3) is 0.500. The molecule has 0 spiro atoms. The molecule has 2 rings (SSSR count). The van der Waals surface area contributed by atoms with Gasteiger partial charge in [-0.1, -0.05) is 6.07 Å². The van der Waals surface area contributed by atoms with E-state index in [4.69, 9.17) is 20.3 Å². The van der Waals surface area contributed by atoms with Crippen LogP contribution in [0.4, 0.5) is 0 Å². The molecule has 0 amide bonds. The molecule has 7 nitrogen and oxygen atoms in total. The second-order valence-corrected chi connectivity index (χ2v) is 5.82. The number of hydrogen-bond donors (Lipinski definition) is 3. The molecule has 1 saturated carbocycles. The Morgan fingerprint density at radius 2 is 1.91 bits per heavy atom. The molecule has 1 fully saturated rings. The Balaban J connectivity index is 2.11. The van der Waals surface area contributed by atoms with E-state index in [9.17, 15) is 14.7 Å². The molecular formula is C16H21NO6. The van der Waals surface area contributed by atoms with E-state index in [1.165, 1.54) is 14.2 Å². The van der Waals surface area contributed by atoms with Crippen LogP contribution in [0.2, 0.25) is 0 Å². The lowest BCUT2D eigenvalue weighted by Gasteiger charge is -2.25. The standard InChI is InChI=1S/C16H21NO6/c1-22-12-4-3-9(7-13(12)23-2)5-6-16(17,15(20)21)11-8-10(11)14(18)19/h3-4,7,10-11H,5-6,8,17H2,1-2H3,(H,18,19)(H,20,21)/t10-,11-,16?/m0/s1. The van der Waals surface area contributed by atoms with E-state index in [-0.39, 0.29) is 6.42 Å². The lowest BCUT2D eigenvalue weighted by molar-refractivity contribution is -0.145. The Morgan fingerprint density at radius 1 is 1.26 bits per heavy atom. The summed E-state index contributed by atoms with van der Waals surface area (Å²) in [6, 6.07) is 5.32. The van der Waals surface area contributed by atoms with Gasteiger partial charge >= 0.3 is 11.9 Å². The van der Waals surface area contributed by atoms with Gasteiger partial charge in [-0.2, -0.15) is 0 Å². The summed E-state index contributed by atoms with van der Waals surface area (Å²) in [7, 11) is 3.06. The van der Waals surface area contributed by atoms with Gasteiger partial charge < -0.3 is 25.4 Å². The summed E-state index contributed by atoms with van der Waals surface area (Å²) in [5.41, 5.74) is 5.35. The van der Waals surface area contributed by atoms with Crippen LogP contribution in [0, 0.1) is 11.8 Å². The topological polar surface area (TPSA) is 119 Å². The van der Waals surface area contributed by atoms with E-state index in [2.05, 4.69) is 0 Å². The lowest BCUT2D eigenvalue weighted by Crippen LogP contribution is -2.51. The minimum atomic E-state index is -1.53. The molecule has 1 unspecified atom stereocenters. The van der Waals surface area contributed by atoms with Gasteiger partial charge in [0.1, 0.15) is 5.54 Å². The van der Waals surface area contributed by atoms with E-state index in [1.54, 1.807) is 12.1 Å². The zero-order valence-electron chi connectivity index (χ0n) is 13.1. The van der Waals surface area contributed by atoms with Crippen LogP contribution in [0.25, 0.3) is 0 Å². The molecule has 1 aliphatic rings. The Morgan fingerprint density at radius 3 is 2.39 bits per heavy atom. The predicted molar refractivity (Wildman–Crippen MR) is 81.7 cm³/mol. The van der Waals surface area contributed by atoms with Crippen molar-refractivity contribution in [1.29, 1.82) is 0 Å². The molecule has 0 heterocycles. The van der Waals surface area contributed by atoms with Crippen molar-refractivity contribution >= 4 is 11.9 Å². The van der Waals surface area contributed by atoms with Gasteiger partial charge in [0, 0.05) is 5.92 Å². The van der Waals surface area contributed by atoms with Crippen molar-refractivity contribution in [2.45, 2.75) is 24.8 Å². The molecule has 1 aromatic rings. The Labute approximate surface area is 134 Å². The van der Waals surface area contributed by atoms with Crippen molar-refractivity contribution in [3.63, 3.8) is 0 Å². The van der Waals surface area contributed by atoms with E-state index in [1.807, 2.05) is 6.07 Å². The normalized spacial score (nSPS) is 22.0. The maximum absolute atomic E-state index is 11.6. The molecule has 126 valence electrons. The van der Waals surface area contributed by atoms with Gasteiger partial charge in [0.05, 0.1) is 20.1 Å². The molecule has 7 heteroatoms. The van der Waals surface area contributed by atoms with Crippen molar-refractivity contribution in [2.75, 3.05) is 14.2 Å². The number of ether oxygens (including phenoxy) is 2. The number of carboxylic acid groups (broad SMARTS) is 2. The van der Waals surface area contributed by atoms with Gasteiger partial charge in [-0.05, 0) is 37.0 Å². The fourth-order valence-electron chi connectivity index (χ4n) is 2.88. The molecule has 0 radical (unpaired) electrons. The molecular weight excluding hydrogens is 302 g/mol. The summed E-state index contributed by atoms with van der Waals surface area (Å²) < 4.78 is 10.4. The fourth-order valence-corrected chi connectivity index (χ4v) is 2.88. The Kier molecular flexibility index (Phi) is 4.79. The molecule has 0 bridgehead atoms. The average molecular weight is 323 g/mol. The van der Waals surface area contributed by atoms with Crippen molar-refractivity contribution in [3.05, 3.63) is 23.8 Å². The molecule has 0 aromatic heterocycles. The van der Waals surface area contributed by atoms with Crippen LogP contribution < -0.4 is 15.2 Å². The van der Waals surface area contributed by atoms with E-state index in [0.717, 1.165) is 5.56 Å². The largest absolute Gasteiger partial charge is 0.493 e. The van der Waals surface area contributed by atoms with Gasteiger partial charge in [-0.15, -0.1) is 0 Å². The number of carbonyl (C=O) groups is 2. The maximum atomic E-state index is 11.6. The van der Waals surface area contributed by atoms with Gasteiger partial charge in [0.15, 0.2) is 11.5 Å². The first-order chi connectivity index (χ1) is 10.8. The van der Waals surface area contributed by atoms with Crippen LogP contribution in [0.1, 0.15) is 18.4 Å².